The molecule has 1 aromatic carbocycles. The van der Waals surface area contributed by atoms with Gasteiger partial charge in [-0.15, -0.1) is 0 Å². The Kier molecular flexibility index (Phi) is 6.79. The minimum absolute atomic E-state index is 0.0115. The summed E-state index contributed by atoms with van der Waals surface area (Å²) in [4.78, 5) is 27.0. The van der Waals surface area contributed by atoms with Crippen LogP contribution in [-0.4, -0.2) is 41.9 Å². The van der Waals surface area contributed by atoms with E-state index in [2.05, 4.69) is 10.6 Å². The van der Waals surface area contributed by atoms with Crippen LogP contribution >= 0.6 is 23.2 Å². The number of rotatable bonds is 5. The van der Waals surface area contributed by atoms with Gasteiger partial charge in [-0.2, -0.15) is 0 Å². The summed E-state index contributed by atoms with van der Waals surface area (Å²) in [5.74, 6) is -0.130. The number of benzene rings is 1. The van der Waals surface area contributed by atoms with E-state index in [0.717, 1.165) is 32.2 Å². The van der Waals surface area contributed by atoms with E-state index in [1.807, 2.05) is 4.90 Å². The van der Waals surface area contributed by atoms with Crippen LogP contribution in [0.5, 0.6) is 0 Å². The Bertz CT molecular complexity index is 662. The van der Waals surface area contributed by atoms with Crippen molar-refractivity contribution in [3.05, 3.63) is 28.2 Å². The molecule has 1 heterocycles. The summed E-state index contributed by atoms with van der Waals surface area (Å²) in [6.07, 6.45) is 7.37. The SMILES string of the molecule is O=C(CN1CCC[C@H]1C(=O)Nc1cc(Cl)ccc1Cl)NC1CCCCC1. The summed E-state index contributed by atoms with van der Waals surface area (Å²) in [6.45, 7) is 1.01. The van der Waals surface area contributed by atoms with Crippen molar-refractivity contribution >= 4 is 40.7 Å². The van der Waals surface area contributed by atoms with E-state index in [9.17, 15) is 9.59 Å². The van der Waals surface area contributed by atoms with Gasteiger partial charge in [0.1, 0.15) is 0 Å². The zero-order valence-electron chi connectivity index (χ0n) is 14.8. The molecule has 0 aromatic heterocycles. The van der Waals surface area contributed by atoms with Crippen LogP contribution < -0.4 is 10.6 Å². The third-order valence-electron chi connectivity index (χ3n) is 5.17. The van der Waals surface area contributed by atoms with E-state index >= 15 is 0 Å². The Morgan fingerprint density at radius 1 is 1.08 bits per heavy atom. The third-order valence-corrected chi connectivity index (χ3v) is 5.73. The van der Waals surface area contributed by atoms with Crippen LogP contribution in [0.4, 0.5) is 5.69 Å². The number of likely N-dealkylation sites (tertiary alicyclic amines) is 1. The number of carbonyl (C=O) groups is 2. The number of nitrogens with zero attached hydrogens (tertiary/aromatic N) is 1. The molecule has 2 fully saturated rings. The quantitative estimate of drug-likeness (QED) is 0.792. The van der Waals surface area contributed by atoms with Crippen molar-refractivity contribution in [1.82, 2.24) is 10.2 Å². The van der Waals surface area contributed by atoms with Crippen LogP contribution in [0.2, 0.25) is 10.0 Å². The fourth-order valence-corrected chi connectivity index (χ4v) is 4.16. The van der Waals surface area contributed by atoms with Crippen molar-refractivity contribution in [1.29, 1.82) is 0 Å². The van der Waals surface area contributed by atoms with Crippen molar-refractivity contribution in [2.75, 3.05) is 18.4 Å². The molecule has 0 spiro atoms. The highest BCUT2D eigenvalue weighted by molar-refractivity contribution is 6.35. The molecule has 2 N–H and O–H groups in total. The zero-order valence-corrected chi connectivity index (χ0v) is 16.3. The Morgan fingerprint density at radius 2 is 1.85 bits per heavy atom. The van der Waals surface area contributed by atoms with Gasteiger partial charge >= 0.3 is 0 Å². The largest absolute Gasteiger partial charge is 0.352 e. The van der Waals surface area contributed by atoms with E-state index in [4.69, 9.17) is 23.2 Å². The van der Waals surface area contributed by atoms with Gasteiger partial charge in [0.25, 0.3) is 0 Å². The lowest BCUT2D eigenvalue weighted by molar-refractivity contribution is -0.125. The molecule has 2 amide bonds. The van der Waals surface area contributed by atoms with Gasteiger partial charge in [0.05, 0.1) is 23.3 Å². The first-order chi connectivity index (χ1) is 12.5. The molecule has 1 aliphatic heterocycles. The second-order valence-electron chi connectivity index (χ2n) is 7.14. The lowest BCUT2D eigenvalue weighted by Gasteiger charge is -2.26. The predicted molar refractivity (Wildman–Crippen MR) is 105 cm³/mol. The molecule has 5 nitrogen and oxygen atoms in total. The molecule has 0 bridgehead atoms. The summed E-state index contributed by atoms with van der Waals surface area (Å²) in [7, 11) is 0. The molecular formula is C19H25Cl2N3O2. The van der Waals surface area contributed by atoms with Gasteiger partial charge in [0.2, 0.25) is 11.8 Å². The van der Waals surface area contributed by atoms with Gasteiger partial charge in [-0.25, -0.2) is 0 Å². The lowest BCUT2D eigenvalue weighted by atomic mass is 9.95. The summed E-state index contributed by atoms with van der Waals surface area (Å²) in [5.41, 5.74) is 0.502. The monoisotopic (exact) mass is 397 g/mol. The standard InChI is InChI=1S/C19H25Cl2N3O2/c20-13-8-9-15(21)16(11-13)23-19(26)17-7-4-10-24(17)12-18(25)22-14-5-2-1-3-6-14/h8-9,11,14,17H,1-7,10,12H2,(H,22,25)(H,23,26)/t17-/m0/s1. The second-order valence-corrected chi connectivity index (χ2v) is 7.99. The summed E-state index contributed by atoms with van der Waals surface area (Å²) in [6, 6.07) is 4.94. The minimum Gasteiger partial charge on any atom is -0.352 e. The number of amides is 2. The van der Waals surface area contributed by atoms with Crippen molar-refractivity contribution in [2.45, 2.75) is 57.0 Å². The van der Waals surface area contributed by atoms with Gasteiger partial charge in [0.15, 0.2) is 0 Å². The maximum Gasteiger partial charge on any atom is 0.241 e. The highest BCUT2D eigenvalue weighted by atomic mass is 35.5. The number of halogens is 2. The first-order valence-corrected chi connectivity index (χ1v) is 10.1. The molecule has 2 aliphatic rings. The first-order valence-electron chi connectivity index (χ1n) is 9.32. The lowest BCUT2D eigenvalue weighted by Crippen LogP contribution is -2.47. The average molecular weight is 398 g/mol. The summed E-state index contributed by atoms with van der Waals surface area (Å²) < 4.78 is 0. The van der Waals surface area contributed by atoms with E-state index in [0.29, 0.717) is 15.7 Å². The highest BCUT2D eigenvalue weighted by Crippen LogP contribution is 2.27. The van der Waals surface area contributed by atoms with Gasteiger partial charge in [-0.3, -0.25) is 14.5 Å². The molecule has 3 rings (SSSR count). The smallest absolute Gasteiger partial charge is 0.241 e. The van der Waals surface area contributed by atoms with Gasteiger partial charge in [-0.1, -0.05) is 42.5 Å². The summed E-state index contributed by atoms with van der Waals surface area (Å²) in [5, 5.41) is 6.93. The molecular weight excluding hydrogens is 373 g/mol. The molecule has 1 aromatic rings. The topological polar surface area (TPSA) is 61.4 Å². The molecule has 0 radical (unpaired) electrons. The van der Waals surface area contributed by atoms with Gasteiger partial charge in [0, 0.05) is 11.1 Å². The van der Waals surface area contributed by atoms with Gasteiger partial charge in [-0.05, 0) is 50.4 Å². The molecule has 7 heteroatoms. The average Bonchev–Trinajstić information content (AvgIpc) is 3.07. The van der Waals surface area contributed by atoms with Crippen LogP contribution in [0.15, 0.2) is 18.2 Å². The second kappa shape index (κ2) is 9.07. The number of anilines is 1. The molecule has 0 unspecified atom stereocenters. The van der Waals surface area contributed by atoms with Crippen molar-refractivity contribution in [2.24, 2.45) is 0 Å². The Morgan fingerprint density at radius 3 is 2.62 bits per heavy atom. The van der Waals surface area contributed by atoms with Crippen molar-refractivity contribution in [3.63, 3.8) is 0 Å². The normalized spacial score (nSPS) is 21.5. The Labute approximate surface area is 164 Å². The molecule has 1 saturated heterocycles. The van der Waals surface area contributed by atoms with E-state index < -0.39 is 0 Å². The third kappa shape index (κ3) is 5.12. The van der Waals surface area contributed by atoms with Crippen molar-refractivity contribution < 1.29 is 9.59 Å². The van der Waals surface area contributed by atoms with Crippen LogP contribution in [-0.2, 0) is 9.59 Å². The molecule has 26 heavy (non-hydrogen) atoms. The molecule has 1 atom stereocenters. The summed E-state index contributed by atoms with van der Waals surface area (Å²) >= 11 is 12.1. The molecule has 142 valence electrons. The first kappa shape index (κ1) is 19.5. The van der Waals surface area contributed by atoms with Crippen LogP contribution in [0.1, 0.15) is 44.9 Å². The molecule has 1 aliphatic carbocycles. The van der Waals surface area contributed by atoms with Gasteiger partial charge < -0.3 is 10.6 Å². The van der Waals surface area contributed by atoms with E-state index in [1.165, 1.54) is 19.3 Å². The van der Waals surface area contributed by atoms with Crippen LogP contribution in [0.25, 0.3) is 0 Å². The predicted octanol–water partition coefficient (Wildman–Crippen LogP) is 3.85. The fraction of sp³-hybridized carbons (Fsp3) is 0.579. The fourth-order valence-electron chi connectivity index (χ4n) is 3.83. The maximum atomic E-state index is 12.7. The highest BCUT2D eigenvalue weighted by Gasteiger charge is 2.32. The number of hydrogen-bond acceptors (Lipinski definition) is 3. The minimum atomic E-state index is -0.317. The Hall–Kier alpha value is -1.30. The zero-order chi connectivity index (χ0) is 18.5. The number of nitrogens with one attached hydrogen (secondary N) is 2. The maximum absolute atomic E-state index is 12.7. The molecule has 1 saturated carbocycles. The Balaban J connectivity index is 1.55. The van der Waals surface area contributed by atoms with Crippen molar-refractivity contribution in [3.8, 4) is 0 Å². The number of hydrogen-bond donors (Lipinski definition) is 2. The van der Waals surface area contributed by atoms with E-state index in [1.54, 1.807) is 18.2 Å². The number of carbonyl (C=O) groups excluding carboxylic acids is 2. The van der Waals surface area contributed by atoms with Crippen LogP contribution in [0, 0.1) is 0 Å². The van der Waals surface area contributed by atoms with E-state index in [-0.39, 0.29) is 30.4 Å². The van der Waals surface area contributed by atoms with Crippen LogP contribution in [0.3, 0.4) is 0 Å².